The van der Waals surface area contributed by atoms with Crippen LogP contribution < -0.4 is 11.1 Å². The number of hydrogen-bond donors (Lipinski definition) is 2. The first-order valence-electron chi connectivity index (χ1n) is 7.08. The number of ether oxygens (including phenoxy) is 2. The molecule has 0 radical (unpaired) electrons. The number of carbonyl (C=O) groups excluding carboxylic acids is 1. The zero-order valence-corrected chi connectivity index (χ0v) is 11.8. The number of carbonyl (C=O) groups is 1. The molecule has 0 bridgehead atoms. The highest BCUT2D eigenvalue weighted by atomic mass is 16.7. The lowest BCUT2D eigenvalue weighted by Crippen LogP contribution is -2.29. The normalized spacial score (nSPS) is 17.1. The summed E-state index contributed by atoms with van der Waals surface area (Å²) in [5.74, 6) is -0.164. The van der Waals surface area contributed by atoms with Crippen molar-refractivity contribution in [1.82, 2.24) is 0 Å². The molecule has 110 valence electrons. The van der Waals surface area contributed by atoms with Crippen molar-refractivity contribution in [1.29, 1.82) is 0 Å². The highest BCUT2D eigenvalue weighted by Gasteiger charge is 2.19. The summed E-state index contributed by atoms with van der Waals surface area (Å²) in [6.07, 6.45) is 1.42. The molecule has 20 heavy (non-hydrogen) atoms. The SMILES string of the molecule is CCCC(CN)C(=O)Nc1cccc(C2OCCO2)c1. The molecule has 5 nitrogen and oxygen atoms in total. The van der Waals surface area contributed by atoms with Crippen LogP contribution >= 0.6 is 0 Å². The molecule has 1 atom stereocenters. The van der Waals surface area contributed by atoms with Crippen molar-refractivity contribution >= 4 is 11.6 Å². The predicted octanol–water partition coefficient (Wildman–Crippen LogP) is 2.05. The van der Waals surface area contributed by atoms with Crippen LogP contribution in [0.5, 0.6) is 0 Å². The first-order valence-corrected chi connectivity index (χ1v) is 7.08. The fourth-order valence-electron chi connectivity index (χ4n) is 2.26. The zero-order chi connectivity index (χ0) is 14.4. The minimum absolute atomic E-state index is 0.0280. The van der Waals surface area contributed by atoms with Crippen LogP contribution in [0, 0.1) is 5.92 Å². The third kappa shape index (κ3) is 3.79. The molecule has 5 heteroatoms. The monoisotopic (exact) mass is 278 g/mol. The molecule has 1 unspecified atom stereocenters. The van der Waals surface area contributed by atoms with Crippen LogP contribution in [0.3, 0.4) is 0 Å². The van der Waals surface area contributed by atoms with Gasteiger partial charge in [0.05, 0.1) is 19.1 Å². The maximum atomic E-state index is 12.1. The predicted molar refractivity (Wildman–Crippen MR) is 77.2 cm³/mol. The van der Waals surface area contributed by atoms with E-state index in [1.165, 1.54) is 0 Å². The van der Waals surface area contributed by atoms with Gasteiger partial charge >= 0.3 is 0 Å². The second kappa shape index (κ2) is 7.38. The zero-order valence-electron chi connectivity index (χ0n) is 11.8. The lowest BCUT2D eigenvalue weighted by molar-refractivity contribution is -0.119. The van der Waals surface area contributed by atoms with Crippen molar-refractivity contribution in [2.45, 2.75) is 26.1 Å². The minimum atomic E-state index is -0.326. The molecule has 0 aliphatic carbocycles. The third-order valence-electron chi connectivity index (χ3n) is 3.34. The van der Waals surface area contributed by atoms with Crippen LogP contribution in [0.2, 0.25) is 0 Å². The minimum Gasteiger partial charge on any atom is -0.346 e. The van der Waals surface area contributed by atoms with Crippen LogP contribution in [0.25, 0.3) is 0 Å². The standard InChI is InChI=1S/C15H22N2O3/c1-2-4-12(10-16)14(18)17-13-6-3-5-11(9-13)15-19-7-8-20-15/h3,5-6,9,12,15H,2,4,7-8,10,16H2,1H3,(H,17,18). The van der Waals surface area contributed by atoms with Gasteiger partial charge in [-0.2, -0.15) is 0 Å². The number of anilines is 1. The van der Waals surface area contributed by atoms with Gasteiger partial charge in [0.2, 0.25) is 5.91 Å². The molecule has 0 spiro atoms. The van der Waals surface area contributed by atoms with Gasteiger partial charge in [0.15, 0.2) is 6.29 Å². The van der Waals surface area contributed by atoms with Gasteiger partial charge in [0.1, 0.15) is 0 Å². The number of rotatable bonds is 6. The molecule has 1 heterocycles. The van der Waals surface area contributed by atoms with Crippen molar-refractivity contribution in [2.24, 2.45) is 11.7 Å². The Kier molecular flexibility index (Phi) is 5.52. The van der Waals surface area contributed by atoms with E-state index >= 15 is 0 Å². The summed E-state index contributed by atoms with van der Waals surface area (Å²) in [5, 5.41) is 2.91. The van der Waals surface area contributed by atoms with Gasteiger partial charge in [-0.05, 0) is 18.6 Å². The summed E-state index contributed by atoms with van der Waals surface area (Å²) < 4.78 is 10.9. The van der Waals surface area contributed by atoms with Gasteiger partial charge in [-0.15, -0.1) is 0 Å². The summed E-state index contributed by atoms with van der Waals surface area (Å²) in [7, 11) is 0. The number of hydrogen-bond acceptors (Lipinski definition) is 4. The Hall–Kier alpha value is -1.43. The van der Waals surface area contributed by atoms with E-state index in [4.69, 9.17) is 15.2 Å². The lowest BCUT2D eigenvalue weighted by Gasteiger charge is -2.15. The molecule has 0 saturated carbocycles. The van der Waals surface area contributed by atoms with E-state index in [0.717, 1.165) is 24.1 Å². The van der Waals surface area contributed by atoms with Crippen LogP contribution in [-0.4, -0.2) is 25.7 Å². The largest absolute Gasteiger partial charge is 0.346 e. The second-order valence-electron chi connectivity index (χ2n) is 4.91. The average Bonchev–Trinajstić information content (AvgIpc) is 2.99. The molecule has 1 fully saturated rings. The average molecular weight is 278 g/mol. The summed E-state index contributed by atoms with van der Waals surface area (Å²) in [4.78, 5) is 12.1. The van der Waals surface area contributed by atoms with E-state index in [-0.39, 0.29) is 18.1 Å². The first-order chi connectivity index (χ1) is 9.74. The van der Waals surface area contributed by atoms with Crippen LogP contribution in [0.1, 0.15) is 31.6 Å². The van der Waals surface area contributed by atoms with Crippen molar-refractivity contribution in [2.75, 3.05) is 25.1 Å². The Morgan fingerprint density at radius 1 is 1.45 bits per heavy atom. The molecule has 2 rings (SSSR count). The maximum Gasteiger partial charge on any atom is 0.228 e. The highest BCUT2D eigenvalue weighted by molar-refractivity contribution is 5.92. The summed E-state index contributed by atoms with van der Waals surface area (Å²) in [5.41, 5.74) is 7.31. The molecule has 1 aliphatic rings. The molecule has 3 N–H and O–H groups in total. The van der Waals surface area contributed by atoms with Crippen molar-refractivity contribution in [3.8, 4) is 0 Å². The van der Waals surface area contributed by atoms with Gasteiger partial charge in [0.25, 0.3) is 0 Å². The topological polar surface area (TPSA) is 73.6 Å². The Labute approximate surface area is 119 Å². The highest BCUT2D eigenvalue weighted by Crippen LogP contribution is 2.25. The Balaban J connectivity index is 2.01. The van der Waals surface area contributed by atoms with E-state index in [9.17, 15) is 4.79 Å². The molecule has 1 aromatic carbocycles. The molecule has 1 aromatic rings. The second-order valence-corrected chi connectivity index (χ2v) is 4.91. The summed E-state index contributed by atoms with van der Waals surface area (Å²) in [6, 6.07) is 7.55. The van der Waals surface area contributed by atoms with Gasteiger partial charge in [-0.3, -0.25) is 4.79 Å². The fourth-order valence-corrected chi connectivity index (χ4v) is 2.26. The lowest BCUT2D eigenvalue weighted by atomic mass is 10.0. The number of amides is 1. The summed E-state index contributed by atoms with van der Waals surface area (Å²) >= 11 is 0. The smallest absolute Gasteiger partial charge is 0.228 e. The van der Waals surface area contributed by atoms with E-state index in [0.29, 0.717) is 19.8 Å². The van der Waals surface area contributed by atoms with E-state index < -0.39 is 0 Å². The van der Waals surface area contributed by atoms with Crippen LogP contribution in [-0.2, 0) is 14.3 Å². The molecule has 1 amide bonds. The van der Waals surface area contributed by atoms with Gasteiger partial charge < -0.3 is 20.5 Å². The molecular formula is C15H22N2O3. The molecule has 1 aliphatic heterocycles. The Morgan fingerprint density at radius 2 is 2.20 bits per heavy atom. The quantitative estimate of drug-likeness (QED) is 0.835. The Bertz CT molecular complexity index is 444. The maximum absolute atomic E-state index is 12.1. The first kappa shape index (κ1) is 15.0. The number of benzene rings is 1. The molecular weight excluding hydrogens is 256 g/mol. The number of nitrogens with one attached hydrogen (secondary N) is 1. The van der Waals surface area contributed by atoms with Gasteiger partial charge in [-0.1, -0.05) is 25.5 Å². The van der Waals surface area contributed by atoms with Crippen molar-refractivity contribution in [3.05, 3.63) is 29.8 Å². The Morgan fingerprint density at radius 3 is 2.85 bits per heavy atom. The van der Waals surface area contributed by atoms with Crippen LogP contribution in [0.4, 0.5) is 5.69 Å². The molecule has 0 aromatic heterocycles. The van der Waals surface area contributed by atoms with E-state index in [1.807, 2.05) is 31.2 Å². The van der Waals surface area contributed by atoms with Gasteiger partial charge in [0, 0.05) is 17.8 Å². The molecule has 1 saturated heterocycles. The fraction of sp³-hybridized carbons (Fsp3) is 0.533. The summed E-state index contributed by atoms with van der Waals surface area (Å²) in [6.45, 7) is 3.62. The third-order valence-corrected chi connectivity index (χ3v) is 3.34. The van der Waals surface area contributed by atoms with Crippen LogP contribution in [0.15, 0.2) is 24.3 Å². The number of nitrogens with two attached hydrogens (primary N) is 1. The van der Waals surface area contributed by atoms with Crippen molar-refractivity contribution < 1.29 is 14.3 Å². The van der Waals surface area contributed by atoms with E-state index in [2.05, 4.69) is 5.32 Å². The van der Waals surface area contributed by atoms with Crippen molar-refractivity contribution in [3.63, 3.8) is 0 Å². The van der Waals surface area contributed by atoms with Gasteiger partial charge in [-0.25, -0.2) is 0 Å². The van der Waals surface area contributed by atoms with E-state index in [1.54, 1.807) is 0 Å².